The number of rotatable bonds is 3. The van der Waals surface area contributed by atoms with Gasteiger partial charge in [-0.25, -0.2) is 9.97 Å². The van der Waals surface area contributed by atoms with Crippen LogP contribution in [0.3, 0.4) is 0 Å². The Morgan fingerprint density at radius 1 is 1.08 bits per heavy atom. The molecule has 4 heterocycles. The number of pyridine rings is 1. The molecule has 0 radical (unpaired) electrons. The van der Waals surface area contributed by atoms with Crippen LogP contribution in [0, 0.1) is 0 Å². The van der Waals surface area contributed by atoms with E-state index in [9.17, 15) is 4.79 Å². The number of fused-ring (bicyclic) bond motifs is 1. The van der Waals surface area contributed by atoms with E-state index in [1.807, 2.05) is 12.1 Å². The van der Waals surface area contributed by atoms with E-state index in [1.165, 1.54) is 0 Å². The number of hydrogen-bond donors (Lipinski definition) is 1. The zero-order chi connectivity index (χ0) is 16.5. The van der Waals surface area contributed by atoms with Gasteiger partial charge < -0.3 is 10.6 Å². The molecule has 0 aliphatic carbocycles. The fourth-order valence-corrected chi connectivity index (χ4v) is 3.98. The van der Waals surface area contributed by atoms with Crippen molar-refractivity contribution in [3.63, 3.8) is 0 Å². The van der Waals surface area contributed by atoms with Gasteiger partial charge in [-0.05, 0) is 44.4 Å². The molecule has 0 aromatic carbocycles. The zero-order valence-corrected chi connectivity index (χ0v) is 13.6. The predicted molar refractivity (Wildman–Crippen MR) is 91.5 cm³/mol. The van der Waals surface area contributed by atoms with Gasteiger partial charge in [-0.1, -0.05) is 0 Å². The molecule has 0 saturated carbocycles. The van der Waals surface area contributed by atoms with Crippen molar-refractivity contribution >= 4 is 22.9 Å². The van der Waals surface area contributed by atoms with Crippen LogP contribution in [0.1, 0.15) is 25.7 Å². The van der Waals surface area contributed by atoms with Crippen molar-refractivity contribution in [1.82, 2.24) is 19.9 Å². The number of nitrogens with zero attached hydrogens (tertiary/aromatic N) is 5. The first kappa shape index (κ1) is 15.3. The van der Waals surface area contributed by atoms with E-state index >= 15 is 0 Å². The molecule has 24 heavy (non-hydrogen) atoms. The number of aromatic nitrogens is 3. The van der Waals surface area contributed by atoms with Crippen LogP contribution in [0.5, 0.6) is 0 Å². The summed E-state index contributed by atoms with van der Waals surface area (Å²) >= 11 is 0. The Hall–Kier alpha value is -2.28. The summed E-state index contributed by atoms with van der Waals surface area (Å²) in [7, 11) is 0. The molecule has 2 aliphatic rings. The molecule has 1 amide bonds. The summed E-state index contributed by atoms with van der Waals surface area (Å²) in [5, 5.41) is 0. The Kier molecular flexibility index (Phi) is 4.02. The van der Waals surface area contributed by atoms with E-state index < -0.39 is 0 Å². The number of carbonyl (C=O) groups is 1. The minimum absolute atomic E-state index is 0.0735. The van der Waals surface area contributed by atoms with Gasteiger partial charge in [0.05, 0.1) is 6.04 Å². The zero-order valence-electron chi connectivity index (χ0n) is 13.6. The van der Waals surface area contributed by atoms with Gasteiger partial charge in [-0.15, -0.1) is 0 Å². The van der Waals surface area contributed by atoms with Crippen LogP contribution in [0.15, 0.2) is 24.5 Å². The second-order valence-corrected chi connectivity index (χ2v) is 6.58. The van der Waals surface area contributed by atoms with Crippen molar-refractivity contribution in [2.24, 2.45) is 5.73 Å². The Labute approximate surface area is 140 Å². The first-order valence-electron chi connectivity index (χ1n) is 8.60. The number of nitrogens with two attached hydrogens (primary N) is 1. The third-order valence-corrected chi connectivity index (χ3v) is 5.20. The lowest BCUT2D eigenvalue weighted by Crippen LogP contribution is -2.50. The van der Waals surface area contributed by atoms with Gasteiger partial charge in [-0.2, -0.15) is 0 Å². The summed E-state index contributed by atoms with van der Waals surface area (Å²) in [5.41, 5.74) is 7.05. The quantitative estimate of drug-likeness (QED) is 0.903. The molecule has 7 heteroatoms. The minimum atomic E-state index is -0.176. The first-order chi connectivity index (χ1) is 11.7. The maximum absolute atomic E-state index is 11.6. The maximum atomic E-state index is 11.6. The highest BCUT2D eigenvalue weighted by Gasteiger charge is 2.35. The van der Waals surface area contributed by atoms with E-state index in [0.717, 1.165) is 56.7 Å². The minimum Gasteiger partial charge on any atom is -0.368 e. The van der Waals surface area contributed by atoms with Crippen LogP contribution in [0.25, 0.3) is 11.2 Å². The molecule has 0 spiro atoms. The van der Waals surface area contributed by atoms with Crippen LogP contribution in [-0.4, -0.2) is 57.5 Å². The number of likely N-dealkylation sites (tertiary alicyclic amines) is 1. The molecular formula is C17H22N6O. The molecule has 4 rings (SSSR count). The second-order valence-electron chi connectivity index (χ2n) is 6.58. The lowest BCUT2D eigenvalue weighted by molar-refractivity contribution is -0.123. The summed E-state index contributed by atoms with van der Waals surface area (Å²) in [6.07, 6.45) is 7.39. The fourth-order valence-electron chi connectivity index (χ4n) is 3.98. The molecule has 2 saturated heterocycles. The van der Waals surface area contributed by atoms with Crippen molar-refractivity contribution in [1.29, 1.82) is 0 Å². The summed E-state index contributed by atoms with van der Waals surface area (Å²) < 4.78 is 0. The molecule has 0 bridgehead atoms. The van der Waals surface area contributed by atoms with E-state index in [2.05, 4.69) is 24.8 Å². The molecule has 2 aromatic rings. The predicted octanol–water partition coefficient (Wildman–Crippen LogP) is 0.943. The van der Waals surface area contributed by atoms with E-state index in [4.69, 9.17) is 5.73 Å². The summed E-state index contributed by atoms with van der Waals surface area (Å²) in [4.78, 5) is 29.4. The molecule has 2 fully saturated rings. The van der Waals surface area contributed by atoms with Gasteiger partial charge in [-0.3, -0.25) is 14.7 Å². The van der Waals surface area contributed by atoms with Gasteiger partial charge >= 0.3 is 0 Å². The number of hydrogen-bond acceptors (Lipinski definition) is 6. The molecule has 1 atom stereocenters. The topological polar surface area (TPSA) is 88.2 Å². The van der Waals surface area contributed by atoms with E-state index in [-0.39, 0.29) is 11.9 Å². The number of piperidine rings is 1. The Morgan fingerprint density at radius 2 is 1.88 bits per heavy atom. The lowest BCUT2D eigenvalue weighted by atomic mass is 10.0. The average Bonchev–Trinajstić information content (AvgIpc) is 3.11. The van der Waals surface area contributed by atoms with Crippen molar-refractivity contribution in [2.45, 2.75) is 37.8 Å². The van der Waals surface area contributed by atoms with Crippen LogP contribution in [0.2, 0.25) is 0 Å². The van der Waals surface area contributed by atoms with Gasteiger partial charge in [0.2, 0.25) is 5.91 Å². The monoisotopic (exact) mass is 326 g/mol. The number of primary amides is 1. The maximum Gasteiger partial charge on any atom is 0.234 e. The molecule has 2 aliphatic heterocycles. The molecule has 0 unspecified atom stereocenters. The summed E-state index contributed by atoms with van der Waals surface area (Å²) in [6.45, 7) is 2.86. The first-order valence-corrected chi connectivity index (χ1v) is 8.60. The molecule has 7 nitrogen and oxygen atoms in total. The Balaban J connectivity index is 1.44. The number of carbonyl (C=O) groups excluding carboxylic acids is 1. The average molecular weight is 326 g/mol. The SMILES string of the molecule is NC(=O)[C@@H]1CCCN1C1CCN(c2ccc3nccnc3n2)CC1. The van der Waals surface area contributed by atoms with Crippen LogP contribution < -0.4 is 10.6 Å². The van der Waals surface area contributed by atoms with E-state index in [0.29, 0.717) is 11.7 Å². The highest BCUT2D eigenvalue weighted by Crippen LogP contribution is 2.27. The van der Waals surface area contributed by atoms with Gasteiger partial charge in [0.1, 0.15) is 11.3 Å². The molecular weight excluding hydrogens is 304 g/mol. The molecule has 126 valence electrons. The van der Waals surface area contributed by atoms with Gasteiger partial charge in [0.25, 0.3) is 0 Å². The summed E-state index contributed by atoms with van der Waals surface area (Å²) in [6, 6.07) is 4.36. The van der Waals surface area contributed by atoms with Crippen LogP contribution in [0.4, 0.5) is 5.82 Å². The lowest BCUT2D eigenvalue weighted by Gasteiger charge is -2.39. The molecule has 2 N–H and O–H groups in total. The summed E-state index contributed by atoms with van der Waals surface area (Å²) in [5.74, 6) is 0.777. The Morgan fingerprint density at radius 3 is 2.67 bits per heavy atom. The van der Waals surface area contributed by atoms with Crippen molar-refractivity contribution in [3.8, 4) is 0 Å². The highest BCUT2D eigenvalue weighted by molar-refractivity contribution is 5.80. The number of anilines is 1. The van der Waals surface area contributed by atoms with Crippen molar-refractivity contribution in [2.75, 3.05) is 24.5 Å². The van der Waals surface area contributed by atoms with Crippen LogP contribution in [-0.2, 0) is 4.79 Å². The third-order valence-electron chi connectivity index (χ3n) is 5.20. The molecule has 2 aromatic heterocycles. The Bertz CT molecular complexity index is 743. The second kappa shape index (κ2) is 6.32. The standard InChI is InChI=1S/C17H22N6O/c18-16(24)14-2-1-9-23(14)12-5-10-22(11-6-12)15-4-3-13-17(21-15)20-8-7-19-13/h3-4,7-8,12,14H,1-2,5-6,9-11H2,(H2,18,24)/t14-/m0/s1. The van der Waals surface area contributed by atoms with Crippen LogP contribution >= 0.6 is 0 Å². The van der Waals surface area contributed by atoms with E-state index in [1.54, 1.807) is 12.4 Å². The van der Waals surface area contributed by atoms with Gasteiger partial charge in [0.15, 0.2) is 5.65 Å². The normalized spacial score (nSPS) is 23.0. The highest BCUT2D eigenvalue weighted by atomic mass is 16.1. The smallest absolute Gasteiger partial charge is 0.234 e. The largest absolute Gasteiger partial charge is 0.368 e. The number of amides is 1. The van der Waals surface area contributed by atoms with Gasteiger partial charge in [0, 0.05) is 31.5 Å². The van der Waals surface area contributed by atoms with Crippen molar-refractivity contribution < 1.29 is 4.79 Å². The fraction of sp³-hybridized carbons (Fsp3) is 0.529. The third kappa shape index (κ3) is 2.80. The van der Waals surface area contributed by atoms with Crippen molar-refractivity contribution in [3.05, 3.63) is 24.5 Å².